The molecule has 0 aliphatic carbocycles. The Balaban J connectivity index is 4.30. The number of carbonyl (C=O) groups excluding carboxylic acids is 3. The van der Waals surface area contributed by atoms with E-state index in [-0.39, 0.29) is 31.1 Å². The molecule has 0 N–H and O–H groups in total. The van der Waals surface area contributed by atoms with Crippen LogP contribution in [0.1, 0.15) is 323 Å². The van der Waals surface area contributed by atoms with Gasteiger partial charge in [0.25, 0.3) is 0 Å². The minimum atomic E-state index is -0.782. The number of hydrogen-bond donors (Lipinski definition) is 0. The van der Waals surface area contributed by atoms with E-state index in [1.165, 1.54) is 193 Å². The molecular weight excluding hydrogens is 913 g/mol. The van der Waals surface area contributed by atoms with Crippen LogP contribution in [0.3, 0.4) is 0 Å². The highest BCUT2D eigenvalue weighted by Crippen LogP contribution is 2.16. The first-order valence-electron chi connectivity index (χ1n) is 31.9. The van der Waals surface area contributed by atoms with Gasteiger partial charge < -0.3 is 14.2 Å². The SMILES string of the molecule is CC/C=C\C/C=C\C/C=C\C/C=C\CCCCCCCCCCCCCCC(=O)OCC(COC(=O)CCCCCCC/C=C\CCCCCC)OC(=O)CCCCCCCCC/C=C\CCCCCCCCC. The van der Waals surface area contributed by atoms with Gasteiger partial charge in [-0.3, -0.25) is 14.4 Å². The van der Waals surface area contributed by atoms with Crippen molar-refractivity contribution in [3.8, 4) is 0 Å². The van der Waals surface area contributed by atoms with E-state index in [4.69, 9.17) is 14.2 Å². The quantitative estimate of drug-likeness (QED) is 0.0261. The van der Waals surface area contributed by atoms with Gasteiger partial charge in [0.15, 0.2) is 6.10 Å². The summed E-state index contributed by atoms with van der Waals surface area (Å²) in [7, 11) is 0. The second-order valence-electron chi connectivity index (χ2n) is 21.3. The van der Waals surface area contributed by atoms with Crippen molar-refractivity contribution in [1.29, 1.82) is 0 Å². The van der Waals surface area contributed by atoms with Crippen molar-refractivity contribution < 1.29 is 28.6 Å². The Morgan fingerprint density at radius 3 is 0.851 bits per heavy atom. The summed E-state index contributed by atoms with van der Waals surface area (Å²) in [5.41, 5.74) is 0. The Morgan fingerprint density at radius 2 is 0.527 bits per heavy atom. The van der Waals surface area contributed by atoms with Gasteiger partial charge in [-0.05, 0) is 109 Å². The van der Waals surface area contributed by atoms with E-state index in [2.05, 4.69) is 93.7 Å². The maximum absolute atomic E-state index is 12.9. The van der Waals surface area contributed by atoms with Crippen molar-refractivity contribution in [2.24, 2.45) is 0 Å². The van der Waals surface area contributed by atoms with Crippen LogP contribution in [-0.2, 0) is 28.6 Å². The molecule has 0 radical (unpaired) electrons. The summed E-state index contributed by atoms with van der Waals surface area (Å²) < 4.78 is 16.9. The molecular formula is C68H120O6. The second-order valence-corrected chi connectivity index (χ2v) is 21.3. The fourth-order valence-corrected chi connectivity index (χ4v) is 9.13. The summed E-state index contributed by atoms with van der Waals surface area (Å²) >= 11 is 0. The van der Waals surface area contributed by atoms with Crippen LogP contribution in [-0.4, -0.2) is 37.2 Å². The zero-order chi connectivity index (χ0) is 53.6. The van der Waals surface area contributed by atoms with E-state index in [1.807, 2.05) is 0 Å². The summed E-state index contributed by atoms with van der Waals surface area (Å²) in [5, 5.41) is 0. The molecule has 0 saturated heterocycles. The lowest BCUT2D eigenvalue weighted by atomic mass is 10.0. The molecule has 6 heteroatoms. The third kappa shape index (κ3) is 59.7. The first kappa shape index (κ1) is 70.8. The maximum atomic E-state index is 12.9. The van der Waals surface area contributed by atoms with Gasteiger partial charge in [0.1, 0.15) is 13.2 Å². The monoisotopic (exact) mass is 1030 g/mol. The number of hydrogen-bond acceptors (Lipinski definition) is 6. The van der Waals surface area contributed by atoms with E-state index in [9.17, 15) is 14.4 Å². The molecule has 0 bridgehead atoms. The number of carbonyl (C=O) groups is 3. The van der Waals surface area contributed by atoms with Gasteiger partial charge in [-0.25, -0.2) is 0 Å². The Morgan fingerprint density at radius 1 is 0.284 bits per heavy atom. The lowest BCUT2D eigenvalue weighted by molar-refractivity contribution is -0.167. The highest BCUT2D eigenvalue weighted by atomic mass is 16.6. The molecule has 0 fully saturated rings. The third-order valence-corrected chi connectivity index (χ3v) is 13.9. The molecule has 0 aliphatic rings. The molecule has 0 amide bonds. The molecule has 1 atom stereocenters. The summed E-state index contributed by atoms with van der Waals surface area (Å²) in [6, 6.07) is 0. The summed E-state index contributed by atoms with van der Waals surface area (Å²) in [6.45, 7) is 6.53. The minimum Gasteiger partial charge on any atom is -0.462 e. The van der Waals surface area contributed by atoms with E-state index < -0.39 is 6.10 Å². The number of rotatable bonds is 58. The van der Waals surface area contributed by atoms with Crippen molar-refractivity contribution >= 4 is 17.9 Å². The van der Waals surface area contributed by atoms with Crippen LogP contribution in [0.5, 0.6) is 0 Å². The molecule has 0 aromatic heterocycles. The van der Waals surface area contributed by atoms with Crippen LogP contribution < -0.4 is 0 Å². The first-order chi connectivity index (χ1) is 36.5. The highest BCUT2D eigenvalue weighted by Gasteiger charge is 2.19. The maximum Gasteiger partial charge on any atom is 0.306 e. The number of esters is 3. The highest BCUT2D eigenvalue weighted by molar-refractivity contribution is 5.71. The Bertz CT molecular complexity index is 1370. The van der Waals surface area contributed by atoms with Crippen molar-refractivity contribution in [2.75, 3.05) is 13.2 Å². The fraction of sp³-hybridized carbons (Fsp3) is 0.779. The molecule has 1 unspecified atom stereocenters. The lowest BCUT2D eigenvalue weighted by Gasteiger charge is -2.18. The van der Waals surface area contributed by atoms with Crippen molar-refractivity contribution in [3.63, 3.8) is 0 Å². The Hall–Kier alpha value is -3.15. The zero-order valence-corrected chi connectivity index (χ0v) is 49.1. The van der Waals surface area contributed by atoms with E-state index in [0.29, 0.717) is 19.3 Å². The van der Waals surface area contributed by atoms with Crippen LogP contribution in [0, 0.1) is 0 Å². The van der Waals surface area contributed by atoms with Gasteiger partial charge in [-0.15, -0.1) is 0 Å². The minimum absolute atomic E-state index is 0.0787. The number of unbranched alkanes of at least 4 members (excludes halogenated alkanes) is 35. The van der Waals surface area contributed by atoms with Crippen LogP contribution in [0.15, 0.2) is 72.9 Å². The number of allylic oxidation sites excluding steroid dienone is 12. The molecule has 0 saturated carbocycles. The van der Waals surface area contributed by atoms with Crippen molar-refractivity contribution in [1.82, 2.24) is 0 Å². The van der Waals surface area contributed by atoms with E-state index >= 15 is 0 Å². The summed E-state index contributed by atoms with van der Waals surface area (Å²) in [5.74, 6) is -0.880. The largest absolute Gasteiger partial charge is 0.462 e. The molecule has 74 heavy (non-hydrogen) atoms. The third-order valence-electron chi connectivity index (χ3n) is 13.9. The van der Waals surface area contributed by atoms with Crippen molar-refractivity contribution in [2.45, 2.75) is 329 Å². The number of ether oxygens (including phenoxy) is 3. The van der Waals surface area contributed by atoms with Crippen LogP contribution >= 0.6 is 0 Å². The zero-order valence-electron chi connectivity index (χ0n) is 49.1. The van der Waals surface area contributed by atoms with E-state index in [1.54, 1.807) is 0 Å². The molecule has 0 spiro atoms. The molecule has 0 aliphatic heterocycles. The smallest absolute Gasteiger partial charge is 0.306 e. The van der Waals surface area contributed by atoms with Gasteiger partial charge in [-0.1, -0.05) is 267 Å². The van der Waals surface area contributed by atoms with Gasteiger partial charge in [0.2, 0.25) is 0 Å². The molecule has 428 valence electrons. The van der Waals surface area contributed by atoms with Gasteiger partial charge in [-0.2, -0.15) is 0 Å². The first-order valence-corrected chi connectivity index (χ1v) is 31.9. The predicted octanol–water partition coefficient (Wildman–Crippen LogP) is 21.7. The normalized spacial score (nSPS) is 12.5. The van der Waals surface area contributed by atoms with Crippen LogP contribution in [0.4, 0.5) is 0 Å². The average Bonchev–Trinajstić information content (AvgIpc) is 3.40. The van der Waals surface area contributed by atoms with E-state index in [0.717, 1.165) is 89.9 Å². The van der Waals surface area contributed by atoms with Gasteiger partial charge in [0.05, 0.1) is 0 Å². The van der Waals surface area contributed by atoms with Crippen LogP contribution in [0.25, 0.3) is 0 Å². The summed E-state index contributed by atoms with van der Waals surface area (Å²) in [4.78, 5) is 38.3. The topological polar surface area (TPSA) is 78.9 Å². The molecule has 0 heterocycles. The molecule has 0 rings (SSSR count). The van der Waals surface area contributed by atoms with Crippen molar-refractivity contribution in [3.05, 3.63) is 72.9 Å². The summed E-state index contributed by atoms with van der Waals surface area (Å²) in [6.07, 6.45) is 80.5. The van der Waals surface area contributed by atoms with Gasteiger partial charge in [0, 0.05) is 19.3 Å². The molecule has 0 aromatic carbocycles. The fourth-order valence-electron chi connectivity index (χ4n) is 9.13. The Labute approximate surface area is 459 Å². The molecule has 0 aromatic rings. The lowest BCUT2D eigenvalue weighted by Crippen LogP contribution is -2.30. The predicted molar refractivity (Wildman–Crippen MR) is 321 cm³/mol. The standard InChI is InChI=1S/C68H120O6/c1-4-7-10-13-16-19-22-25-27-29-31-32-33-34-35-36-37-39-40-43-46-49-52-55-58-61-67(70)73-64-65(63-72-66(69)60-57-54-51-48-45-42-24-21-18-15-12-9-6-3)74-68(71)62-59-56-53-50-47-44-41-38-30-28-26-23-20-17-14-11-8-5-2/h7,10,16,19,21,24-25,27-28,30-32,65H,4-6,8-9,11-15,17-18,20,22-23,26,29,33-64H2,1-3H3/b10-7-,19-16-,24-21-,27-25-,30-28-,32-31-. The Kier molecular flexibility index (Phi) is 59.7. The molecule has 6 nitrogen and oxygen atoms in total. The van der Waals surface area contributed by atoms with Gasteiger partial charge >= 0.3 is 17.9 Å². The second kappa shape index (κ2) is 62.4. The average molecular weight is 1030 g/mol. The van der Waals surface area contributed by atoms with Crippen LogP contribution in [0.2, 0.25) is 0 Å².